The van der Waals surface area contributed by atoms with Crippen molar-refractivity contribution in [2.75, 3.05) is 5.73 Å². The number of hydrogen-bond acceptors (Lipinski definition) is 6. The SMILES string of the molecule is Cc1cc(=O)[nH]c(Sc2cc(N)ncn2)n1. The van der Waals surface area contributed by atoms with Crippen LogP contribution in [0.1, 0.15) is 5.69 Å². The van der Waals surface area contributed by atoms with E-state index in [1.54, 1.807) is 13.0 Å². The molecule has 82 valence electrons. The third-order valence-corrected chi connectivity index (χ3v) is 2.53. The zero-order valence-corrected chi connectivity index (χ0v) is 9.28. The quantitative estimate of drug-likeness (QED) is 0.584. The van der Waals surface area contributed by atoms with Gasteiger partial charge in [0.1, 0.15) is 17.2 Å². The van der Waals surface area contributed by atoms with E-state index < -0.39 is 0 Å². The molecular formula is C9H9N5OS. The van der Waals surface area contributed by atoms with Crippen molar-refractivity contribution in [2.24, 2.45) is 0 Å². The molecule has 0 aliphatic heterocycles. The van der Waals surface area contributed by atoms with E-state index in [9.17, 15) is 4.79 Å². The Bertz CT molecular complexity index is 568. The highest BCUT2D eigenvalue weighted by Crippen LogP contribution is 2.21. The van der Waals surface area contributed by atoms with Crippen molar-refractivity contribution in [1.82, 2.24) is 19.9 Å². The highest BCUT2D eigenvalue weighted by molar-refractivity contribution is 7.99. The second kappa shape index (κ2) is 4.31. The number of rotatable bonds is 2. The second-order valence-corrected chi connectivity index (χ2v) is 4.08. The number of anilines is 1. The molecule has 0 unspecified atom stereocenters. The van der Waals surface area contributed by atoms with Crippen LogP contribution in [0.4, 0.5) is 5.82 Å². The lowest BCUT2D eigenvalue weighted by molar-refractivity contribution is 0.900. The molecule has 0 aromatic carbocycles. The Morgan fingerprint density at radius 2 is 2.19 bits per heavy atom. The van der Waals surface area contributed by atoms with Gasteiger partial charge in [0, 0.05) is 17.8 Å². The zero-order chi connectivity index (χ0) is 11.5. The fraction of sp³-hybridized carbons (Fsp3) is 0.111. The molecule has 3 N–H and O–H groups in total. The fourth-order valence-corrected chi connectivity index (χ4v) is 1.93. The minimum atomic E-state index is -0.183. The van der Waals surface area contributed by atoms with E-state index >= 15 is 0 Å². The molecule has 0 amide bonds. The Morgan fingerprint density at radius 1 is 1.38 bits per heavy atom. The smallest absolute Gasteiger partial charge is 0.251 e. The molecule has 0 bridgehead atoms. The summed E-state index contributed by atoms with van der Waals surface area (Å²) in [5.74, 6) is 0.382. The molecule has 0 saturated carbocycles. The average Bonchev–Trinajstić information content (AvgIpc) is 2.15. The Hall–Kier alpha value is -1.89. The predicted molar refractivity (Wildman–Crippen MR) is 60.2 cm³/mol. The van der Waals surface area contributed by atoms with Gasteiger partial charge in [-0.1, -0.05) is 0 Å². The molecule has 0 atom stereocenters. The standard InChI is InChI=1S/C9H9N5OS/c1-5-2-7(15)14-9(13-5)16-8-3-6(10)11-4-12-8/h2-4H,1H3,(H2,10,11,12)(H,13,14,15). The third-order valence-electron chi connectivity index (χ3n) is 1.71. The summed E-state index contributed by atoms with van der Waals surface area (Å²) in [5, 5.41) is 1.13. The van der Waals surface area contributed by atoms with E-state index in [2.05, 4.69) is 19.9 Å². The molecule has 0 radical (unpaired) electrons. The van der Waals surface area contributed by atoms with Crippen LogP contribution in [0.3, 0.4) is 0 Å². The molecule has 0 fully saturated rings. The second-order valence-electron chi connectivity index (χ2n) is 3.08. The number of aryl methyl sites for hydroxylation is 1. The molecule has 0 spiro atoms. The number of nitrogens with one attached hydrogen (secondary N) is 1. The Morgan fingerprint density at radius 3 is 2.88 bits per heavy atom. The minimum absolute atomic E-state index is 0.183. The Labute approximate surface area is 95.4 Å². The van der Waals surface area contributed by atoms with Crippen molar-refractivity contribution < 1.29 is 0 Å². The van der Waals surface area contributed by atoms with E-state index in [4.69, 9.17) is 5.73 Å². The third kappa shape index (κ3) is 2.57. The first-order valence-electron chi connectivity index (χ1n) is 4.47. The highest BCUT2D eigenvalue weighted by Gasteiger charge is 2.03. The molecule has 2 aromatic rings. The van der Waals surface area contributed by atoms with Crippen molar-refractivity contribution in [1.29, 1.82) is 0 Å². The van der Waals surface area contributed by atoms with Gasteiger partial charge in [-0.05, 0) is 18.7 Å². The molecule has 16 heavy (non-hydrogen) atoms. The van der Waals surface area contributed by atoms with Gasteiger partial charge >= 0.3 is 0 Å². The number of hydrogen-bond donors (Lipinski definition) is 2. The predicted octanol–water partition coefficient (Wildman–Crippen LogP) is 0.602. The first-order chi connectivity index (χ1) is 7.63. The molecular weight excluding hydrogens is 226 g/mol. The summed E-state index contributed by atoms with van der Waals surface area (Å²) in [7, 11) is 0. The fourth-order valence-electron chi connectivity index (χ4n) is 1.11. The summed E-state index contributed by atoms with van der Waals surface area (Å²) in [6, 6.07) is 3.05. The lowest BCUT2D eigenvalue weighted by Gasteiger charge is -2.00. The van der Waals surface area contributed by atoms with Gasteiger partial charge in [-0.15, -0.1) is 0 Å². The topological polar surface area (TPSA) is 97.5 Å². The van der Waals surface area contributed by atoms with Crippen LogP contribution in [-0.2, 0) is 0 Å². The molecule has 0 aliphatic carbocycles. The Balaban J connectivity index is 2.30. The van der Waals surface area contributed by atoms with Crippen molar-refractivity contribution in [3.05, 3.63) is 34.5 Å². The highest BCUT2D eigenvalue weighted by atomic mass is 32.2. The molecule has 6 nitrogen and oxygen atoms in total. The van der Waals surface area contributed by atoms with E-state index in [1.807, 2.05) is 0 Å². The zero-order valence-electron chi connectivity index (χ0n) is 8.47. The molecule has 2 aromatic heterocycles. The monoisotopic (exact) mass is 235 g/mol. The van der Waals surface area contributed by atoms with Gasteiger partial charge in [0.15, 0.2) is 5.16 Å². The number of nitrogens with two attached hydrogens (primary N) is 1. The number of nitrogens with zero attached hydrogens (tertiary/aromatic N) is 3. The van der Waals surface area contributed by atoms with Gasteiger partial charge in [-0.2, -0.15) is 0 Å². The molecule has 0 saturated heterocycles. The van der Waals surface area contributed by atoms with Gasteiger partial charge in [0.2, 0.25) is 0 Å². The molecule has 7 heteroatoms. The summed E-state index contributed by atoms with van der Waals surface area (Å²) < 4.78 is 0. The van der Waals surface area contributed by atoms with Gasteiger partial charge in [-0.25, -0.2) is 15.0 Å². The van der Waals surface area contributed by atoms with Crippen LogP contribution < -0.4 is 11.3 Å². The van der Waals surface area contributed by atoms with Crippen LogP contribution in [0.15, 0.2) is 33.4 Å². The van der Waals surface area contributed by atoms with Gasteiger partial charge in [0.05, 0.1) is 0 Å². The first kappa shape index (κ1) is 10.6. The average molecular weight is 235 g/mol. The van der Waals surface area contributed by atoms with Crippen LogP contribution in [0.5, 0.6) is 0 Å². The minimum Gasteiger partial charge on any atom is -0.384 e. The first-order valence-corrected chi connectivity index (χ1v) is 5.28. The van der Waals surface area contributed by atoms with Crippen LogP contribution in [0, 0.1) is 6.92 Å². The maximum atomic E-state index is 11.2. The maximum absolute atomic E-state index is 11.2. The summed E-state index contributed by atoms with van der Waals surface area (Å²) in [4.78, 5) is 25.8. The van der Waals surface area contributed by atoms with E-state index in [0.29, 0.717) is 21.7 Å². The largest absolute Gasteiger partial charge is 0.384 e. The van der Waals surface area contributed by atoms with Crippen LogP contribution in [-0.4, -0.2) is 19.9 Å². The lowest BCUT2D eigenvalue weighted by Crippen LogP contribution is -2.08. The number of aromatic amines is 1. The Kier molecular flexibility index (Phi) is 2.86. The summed E-state index contributed by atoms with van der Waals surface area (Å²) in [5.41, 5.74) is 5.99. The van der Waals surface area contributed by atoms with Crippen LogP contribution in [0.25, 0.3) is 0 Å². The summed E-state index contributed by atoms with van der Waals surface area (Å²) in [6.07, 6.45) is 1.37. The van der Waals surface area contributed by atoms with E-state index in [1.165, 1.54) is 24.2 Å². The lowest BCUT2D eigenvalue weighted by atomic mass is 10.5. The van der Waals surface area contributed by atoms with Crippen molar-refractivity contribution in [2.45, 2.75) is 17.1 Å². The van der Waals surface area contributed by atoms with Gasteiger partial charge in [-0.3, -0.25) is 4.79 Å². The van der Waals surface area contributed by atoms with Crippen molar-refractivity contribution in [3.63, 3.8) is 0 Å². The number of H-pyrrole nitrogens is 1. The van der Waals surface area contributed by atoms with Crippen LogP contribution in [0.2, 0.25) is 0 Å². The van der Waals surface area contributed by atoms with E-state index in [0.717, 1.165) is 0 Å². The van der Waals surface area contributed by atoms with Gasteiger partial charge in [0.25, 0.3) is 5.56 Å². The molecule has 2 heterocycles. The molecule has 0 aliphatic rings. The van der Waals surface area contributed by atoms with Gasteiger partial charge < -0.3 is 10.7 Å². The maximum Gasteiger partial charge on any atom is 0.251 e. The van der Waals surface area contributed by atoms with Crippen LogP contribution >= 0.6 is 11.8 Å². The summed E-state index contributed by atoms with van der Waals surface area (Å²) in [6.45, 7) is 1.76. The molecule has 2 rings (SSSR count). The number of aromatic nitrogens is 4. The van der Waals surface area contributed by atoms with Crippen molar-refractivity contribution in [3.8, 4) is 0 Å². The number of nitrogen functional groups attached to an aromatic ring is 1. The van der Waals surface area contributed by atoms with E-state index in [-0.39, 0.29) is 5.56 Å². The summed E-state index contributed by atoms with van der Waals surface area (Å²) >= 11 is 1.23. The normalized spacial score (nSPS) is 10.3. The van der Waals surface area contributed by atoms with Crippen molar-refractivity contribution >= 4 is 17.6 Å².